The fourth-order valence-corrected chi connectivity index (χ4v) is 3.26. The van der Waals surface area contributed by atoms with E-state index in [0.717, 1.165) is 23.2 Å². The van der Waals surface area contributed by atoms with Crippen molar-refractivity contribution in [2.75, 3.05) is 11.9 Å². The Hall–Kier alpha value is -3.66. The first kappa shape index (κ1) is 26.6. The van der Waals surface area contributed by atoms with Crippen molar-refractivity contribution >= 4 is 29.7 Å². The average molecular weight is 457 g/mol. The van der Waals surface area contributed by atoms with Crippen molar-refractivity contribution in [3.8, 4) is 0 Å². The second-order valence-electron chi connectivity index (χ2n) is 7.85. The Kier molecular flexibility index (Phi) is 11.9. The van der Waals surface area contributed by atoms with Crippen molar-refractivity contribution in [2.24, 2.45) is 0 Å². The lowest BCUT2D eigenvalue weighted by Gasteiger charge is -2.07. The summed E-state index contributed by atoms with van der Waals surface area (Å²) in [7, 11) is 0. The molecule has 0 aromatic heterocycles. The number of amides is 2. The van der Waals surface area contributed by atoms with E-state index in [0.29, 0.717) is 25.8 Å². The number of rotatable bonds is 10. The summed E-state index contributed by atoms with van der Waals surface area (Å²) in [4.78, 5) is 24.1. The lowest BCUT2D eigenvalue weighted by Crippen LogP contribution is -2.25. The van der Waals surface area contributed by atoms with Gasteiger partial charge in [-0.3, -0.25) is 9.59 Å². The van der Waals surface area contributed by atoms with Crippen molar-refractivity contribution in [3.63, 3.8) is 0 Å². The number of nitrogens with one attached hydrogen (secondary N) is 2. The molecule has 0 radical (unpaired) electrons. The first-order chi connectivity index (χ1) is 16.6. The molecule has 0 atom stereocenters. The van der Waals surface area contributed by atoms with E-state index >= 15 is 0 Å². The number of carbonyl (C=O) groups is 2. The highest BCUT2D eigenvalue weighted by Gasteiger charge is 2.06. The minimum atomic E-state index is -0.0787. The van der Waals surface area contributed by atoms with Crippen LogP contribution in [0, 0.1) is 6.92 Å². The van der Waals surface area contributed by atoms with Crippen LogP contribution in [0.15, 0.2) is 78.9 Å². The van der Waals surface area contributed by atoms with Crippen LogP contribution in [0.25, 0.3) is 12.2 Å². The van der Waals surface area contributed by atoms with Gasteiger partial charge >= 0.3 is 0 Å². The molecule has 0 unspecified atom stereocenters. The molecule has 0 aliphatic carbocycles. The fourth-order valence-electron chi connectivity index (χ4n) is 3.26. The molecule has 0 saturated carbocycles. The summed E-state index contributed by atoms with van der Waals surface area (Å²) in [5.41, 5.74) is 5.40. The highest BCUT2D eigenvalue weighted by Crippen LogP contribution is 2.13. The summed E-state index contributed by atoms with van der Waals surface area (Å²) < 4.78 is 0. The Labute approximate surface area is 204 Å². The topological polar surface area (TPSA) is 58.2 Å². The second-order valence-corrected chi connectivity index (χ2v) is 7.85. The van der Waals surface area contributed by atoms with Crippen LogP contribution in [-0.4, -0.2) is 18.4 Å². The Morgan fingerprint density at radius 3 is 1.97 bits per heavy atom. The molecule has 0 saturated heterocycles. The molecule has 2 N–H and O–H groups in total. The summed E-state index contributed by atoms with van der Waals surface area (Å²) in [6.45, 7) is 6.67. The SMILES string of the molecule is CC.Cc1ccc(CCNC(=O)CCCC(=O)Nc2ccc(/C=C/c3ccccc3)cc2)cc1. The van der Waals surface area contributed by atoms with E-state index in [9.17, 15) is 9.59 Å². The van der Waals surface area contributed by atoms with Gasteiger partial charge < -0.3 is 10.6 Å². The Balaban J connectivity index is 0.00000199. The van der Waals surface area contributed by atoms with Crippen LogP contribution in [0.1, 0.15) is 55.4 Å². The van der Waals surface area contributed by atoms with Gasteiger partial charge in [0.25, 0.3) is 0 Å². The molecule has 3 aromatic rings. The minimum Gasteiger partial charge on any atom is -0.356 e. The quantitative estimate of drug-likeness (QED) is 0.335. The molecule has 34 heavy (non-hydrogen) atoms. The van der Waals surface area contributed by atoms with E-state index in [2.05, 4.69) is 60.0 Å². The van der Waals surface area contributed by atoms with Gasteiger partial charge in [0.05, 0.1) is 0 Å². The first-order valence-electron chi connectivity index (χ1n) is 12.0. The summed E-state index contributed by atoms with van der Waals surface area (Å²) in [6.07, 6.45) is 6.10. The van der Waals surface area contributed by atoms with E-state index in [1.54, 1.807) is 0 Å². The lowest BCUT2D eigenvalue weighted by atomic mass is 10.1. The van der Waals surface area contributed by atoms with Crippen LogP contribution in [0.2, 0.25) is 0 Å². The minimum absolute atomic E-state index is 0.0144. The zero-order valence-corrected chi connectivity index (χ0v) is 20.5. The maximum absolute atomic E-state index is 12.2. The zero-order valence-electron chi connectivity index (χ0n) is 20.5. The molecule has 0 fully saturated rings. The van der Waals surface area contributed by atoms with Crippen molar-refractivity contribution in [3.05, 3.63) is 101 Å². The molecule has 3 rings (SSSR count). The fraction of sp³-hybridized carbons (Fsp3) is 0.267. The molecule has 0 spiro atoms. The van der Waals surface area contributed by atoms with E-state index in [-0.39, 0.29) is 11.8 Å². The summed E-state index contributed by atoms with van der Waals surface area (Å²) >= 11 is 0. The third kappa shape index (κ3) is 10.3. The van der Waals surface area contributed by atoms with Gasteiger partial charge in [0.2, 0.25) is 11.8 Å². The normalized spacial score (nSPS) is 10.3. The average Bonchev–Trinajstić information content (AvgIpc) is 2.87. The molecular weight excluding hydrogens is 420 g/mol. The van der Waals surface area contributed by atoms with Gasteiger partial charge in [-0.2, -0.15) is 0 Å². The van der Waals surface area contributed by atoms with Crippen LogP contribution >= 0.6 is 0 Å². The molecule has 0 bridgehead atoms. The highest BCUT2D eigenvalue weighted by molar-refractivity contribution is 5.91. The smallest absolute Gasteiger partial charge is 0.224 e. The van der Waals surface area contributed by atoms with Gasteiger partial charge in [0.15, 0.2) is 0 Å². The lowest BCUT2D eigenvalue weighted by molar-refractivity contribution is -0.121. The number of hydrogen-bond donors (Lipinski definition) is 2. The standard InChI is InChI=1S/C28H30N2O2.C2H6/c1-22-10-12-25(13-11-22)20-21-29-27(31)8-5-9-28(32)30-26-18-16-24(17-19-26)15-14-23-6-3-2-4-7-23;1-2/h2-4,6-7,10-19H,5,8-9,20-21H2,1H3,(H,29,31)(H,30,32);1-2H3/b15-14+;. The molecule has 3 aromatic carbocycles. The molecule has 0 aliphatic rings. The molecule has 0 heterocycles. The highest BCUT2D eigenvalue weighted by atomic mass is 16.2. The van der Waals surface area contributed by atoms with Crippen molar-refractivity contribution in [2.45, 2.75) is 46.5 Å². The number of anilines is 1. The van der Waals surface area contributed by atoms with Gasteiger partial charge in [-0.15, -0.1) is 0 Å². The van der Waals surface area contributed by atoms with E-state index < -0.39 is 0 Å². The van der Waals surface area contributed by atoms with Crippen LogP contribution in [0.3, 0.4) is 0 Å². The zero-order chi connectivity index (χ0) is 24.6. The summed E-state index contributed by atoms with van der Waals surface area (Å²) in [5, 5.41) is 5.81. The monoisotopic (exact) mass is 456 g/mol. The Morgan fingerprint density at radius 1 is 0.735 bits per heavy atom. The van der Waals surface area contributed by atoms with Gasteiger partial charge in [0.1, 0.15) is 0 Å². The third-order valence-electron chi connectivity index (χ3n) is 5.13. The number of hydrogen-bond acceptors (Lipinski definition) is 2. The number of benzene rings is 3. The van der Waals surface area contributed by atoms with Gasteiger partial charge in [-0.1, -0.05) is 98.3 Å². The van der Waals surface area contributed by atoms with Crippen LogP contribution < -0.4 is 10.6 Å². The number of carbonyl (C=O) groups excluding carboxylic acids is 2. The second kappa shape index (κ2) is 15.2. The molecule has 4 nitrogen and oxygen atoms in total. The maximum Gasteiger partial charge on any atom is 0.224 e. The Bertz CT molecular complexity index is 1020. The Morgan fingerprint density at radius 2 is 1.32 bits per heavy atom. The molecule has 4 heteroatoms. The maximum atomic E-state index is 12.2. The van der Waals surface area contributed by atoms with Gasteiger partial charge in [0, 0.05) is 25.1 Å². The van der Waals surface area contributed by atoms with E-state index in [1.807, 2.05) is 62.4 Å². The van der Waals surface area contributed by atoms with Gasteiger partial charge in [-0.25, -0.2) is 0 Å². The summed E-state index contributed by atoms with van der Waals surface area (Å²) in [6, 6.07) is 26.1. The predicted molar refractivity (Wildman–Crippen MR) is 144 cm³/mol. The van der Waals surface area contributed by atoms with Crippen molar-refractivity contribution < 1.29 is 9.59 Å². The third-order valence-corrected chi connectivity index (χ3v) is 5.13. The number of aryl methyl sites for hydroxylation is 1. The van der Waals surface area contributed by atoms with Crippen LogP contribution in [0.5, 0.6) is 0 Å². The molecular formula is C30H36N2O2. The van der Waals surface area contributed by atoms with E-state index in [1.165, 1.54) is 11.1 Å². The first-order valence-corrected chi connectivity index (χ1v) is 12.0. The molecule has 2 amide bonds. The molecule has 178 valence electrons. The van der Waals surface area contributed by atoms with Gasteiger partial charge in [-0.05, 0) is 48.6 Å². The van der Waals surface area contributed by atoms with Crippen LogP contribution in [0.4, 0.5) is 5.69 Å². The van der Waals surface area contributed by atoms with E-state index in [4.69, 9.17) is 0 Å². The predicted octanol–water partition coefficient (Wildman–Crippen LogP) is 6.66. The van der Waals surface area contributed by atoms with Crippen LogP contribution in [-0.2, 0) is 16.0 Å². The molecule has 0 aliphatic heterocycles. The van der Waals surface area contributed by atoms with Crippen molar-refractivity contribution in [1.82, 2.24) is 5.32 Å². The van der Waals surface area contributed by atoms with Crippen molar-refractivity contribution in [1.29, 1.82) is 0 Å². The largest absolute Gasteiger partial charge is 0.356 e. The summed E-state index contributed by atoms with van der Waals surface area (Å²) in [5.74, 6) is -0.0931.